The molecule has 0 unspecified atom stereocenters. The average Bonchev–Trinajstić information content (AvgIpc) is 2.66. The van der Waals surface area contributed by atoms with Crippen LogP contribution in [0.1, 0.15) is 25.8 Å². The van der Waals surface area contributed by atoms with Crippen molar-refractivity contribution < 1.29 is 9.59 Å². The van der Waals surface area contributed by atoms with E-state index in [-0.39, 0.29) is 35.8 Å². The molecule has 1 heterocycles. The van der Waals surface area contributed by atoms with Crippen molar-refractivity contribution in [1.82, 2.24) is 20.4 Å². The van der Waals surface area contributed by atoms with E-state index in [4.69, 9.17) is 0 Å². The lowest BCUT2D eigenvalue weighted by atomic mass is 10.2. The third-order valence-corrected chi connectivity index (χ3v) is 4.29. The molecule has 1 saturated heterocycles. The van der Waals surface area contributed by atoms with Crippen LogP contribution in [0.25, 0.3) is 0 Å². The van der Waals surface area contributed by atoms with Crippen molar-refractivity contribution >= 4 is 41.8 Å². The molecule has 1 aromatic rings. The summed E-state index contributed by atoms with van der Waals surface area (Å²) in [6, 6.07) is 9.85. The number of piperazine rings is 1. The second-order valence-corrected chi connectivity index (χ2v) is 6.24. The predicted molar refractivity (Wildman–Crippen MR) is 118 cm³/mol. The topological polar surface area (TPSA) is 77.0 Å². The molecule has 150 valence electrons. The SMILES string of the molecule is CCNC(=NCCC(=O)NCc1ccccc1)N1CCN(C(C)=O)CC1.I. The van der Waals surface area contributed by atoms with E-state index in [1.165, 1.54) is 0 Å². The van der Waals surface area contributed by atoms with E-state index in [0.29, 0.717) is 32.6 Å². The van der Waals surface area contributed by atoms with Crippen LogP contribution in [0, 0.1) is 0 Å². The number of nitrogens with one attached hydrogen (secondary N) is 2. The zero-order valence-electron chi connectivity index (χ0n) is 16.1. The first-order valence-corrected chi connectivity index (χ1v) is 9.19. The van der Waals surface area contributed by atoms with E-state index in [2.05, 4.69) is 20.5 Å². The standard InChI is InChI=1S/C19H29N5O2.HI/c1-3-20-19(24-13-11-23(12-14-24)16(2)25)21-10-9-18(26)22-15-17-7-5-4-6-8-17;/h4-8H,3,9-15H2,1-2H3,(H,20,21)(H,22,26);1H. The first-order chi connectivity index (χ1) is 12.6. The molecule has 0 saturated carbocycles. The summed E-state index contributed by atoms with van der Waals surface area (Å²) in [4.78, 5) is 32.0. The van der Waals surface area contributed by atoms with Gasteiger partial charge in [-0.15, -0.1) is 24.0 Å². The summed E-state index contributed by atoms with van der Waals surface area (Å²) in [6.07, 6.45) is 0.356. The molecular weight excluding hydrogens is 457 g/mol. The van der Waals surface area contributed by atoms with Gasteiger partial charge in [-0.25, -0.2) is 0 Å². The van der Waals surface area contributed by atoms with Gasteiger partial charge >= 0.3 is 0 Å². The van der Waals surface area contributed by atoms with Crippen LogP contribution in [0.4, 0.5) is 0 Å². The fourth-order valence-electron chi connectivity index (χ4n) is 2.81. The van der Waals surface area contributed by atoms with Crippen LogP contribution in [0.2, 0.25) is 0 Å². The average molecular weight is 487 g/mol. The zero-order valence-corrected chi connectivity index (χ0v) is 18.4. The lowest BCUT2D eigenvalue weighted by molar-refractivity contribution is -0.130. The van der Waals surface area contributed by atoms with E-state index in [1.807, 2.05) is 42.2 Å². The predicted octanol–water partition coefficient (Wildman–Crippen LogP) is 1.44. The van der Waals surface area contributed by atoms with Gasteiger partial charge in [-0.3, -0.25) is 14.6 Å². The molecular formula is C19H30IN5O2. The number of nitrogens with zero attached hydrogens (tertiary/aromatic N) is 3. The summed E-state index contributed by atoms with van der Waals surface area (Å²) in [5.41, 5.74) is 1.08. The molecule has 0 aliphatic carbocycles. The van der Waals surface area contributed by atoms with E-state index < -0.39 is 0 Å². The van der Waals surface area contributed by atoms with Gasteiger partial charge in [-0.2, -0.15) is 0 Å². The van der Waals surface area contributed by atoms with E-state index in [9.17, 15) is 9.59 Å². The Balaban J connectivity index is 0.00000364. The number of carbonyl (C=O) groups excluding carboxylic acids is 2. The molecule has 1 aromatic carbocycles. The highest BCUT2D eigenvalue weighted by atomic mass is 127. The van der Waals surface area contributed by atoms with Crippen molar-refractivity contribution in [2.75, 3.05) is 39.3 Å². The molecule has 1 aliphatic heterocycles. The fourth-order valence-corrected chi connectivity index (χ4v) is 2.81. The van der Waals surface area contributed by atoms with Crippen molar-refractivity contribution in [3.63, 3.8) is 0 Å². The van der Waals surface area contributed by atoms with Crippen molar-refractivity contribution in [3.8, 4) is 0 Å². The molecule has 0 radical (unpaired) electrons. The maximum atomic E-state index is 12.0. The highest BCUT2D eigenvalue weighted by Crippen LogP contribution is 2.03. The Morgan fingerprint density at radius 3 is 2.26 bits per heavy atom. The number of guanidine groups is 1. The van der Waals surface area contributed by atoms with Crippen molar-refractivity contribution in [2.45, 2.75) is 26.8 Å². The van der Waals surface area contributed by atoms with Gasteiger partial charge in [-0.05, 0) is 12.5 Å². The lowest BCUT2D eigenvalue weighted by Gasteiger charge is -2.36. The number of amides is 2. The summed E-state index contributed by atoms with van der Waals surface area (Å²) in [5.74, 6) is 0.920. The highest BCUT2D eigenvalue weighted by molar-refractivity contribution is 14.0. The molecule has 0 bridgehead atoms. The van der Waals surface area contributed by atoms with Crippen LogP contribution < -0.4 is 10.6 Å². The van der Waals surface area contributed by atoms with Crippen LogP contribution in [-0.4, -0.2) is 66.8 Å². The molecule has 0 aromatic heterocycles. The van der Waals surface area contributed by atoms with Gasteiger partial charge in [0.05, 0.1) is 6.54 Å². The molecule has 0 spiro atoms. The Kier molecular flexibility index (Phi) is 10.8. The first kappa shape index (κ1) is 23.2. The quantitative estimate of drug-likeness (QED) is 0.362. The molecule has 8 heteroatoms. The maximum absolute atomic E-state index is 12.0. The van der Waals surface area contributed by atoms with Crippen molar-refractivity contribution in [1.29, 1.82) is 0 Å². The zero-order chi connectivity index (χ0) is 18.8. The van der Waals surface area contributed by atoms with Crippen molar-refractivity contribution in [3.05, 3.63) is 35.9 Å². The molecule has 2 N–H and O–H groups in total. The number of aliphatic imine (C=N–C) groups is 1. The van der Waals surface area contributed by atoms with Crippen LogP contribution in [-0.2, 0) is 16.1 Å². The Bertz CT molecular complexity index is 616. The summed E-state index contributed by atoms with van der Waals surface area (Å²) >= 11 is 0. The molecule has 1 fully saturated rings. The Morgan fingerprint density at radius 1 is 1.04 bits per heavy atom. The molecule has 0 atom stereocenters. The molecule has 7 nitrogen and oxygen atoms in total. The Labute approximate surface area is 178 Å². The normalized spacial score (nSPS) is 14.4. The number of halogens is 1. The number of rotatable bonds is 6. The third-order valence-electron chi connectivity index (χ3n) is 4.29. The minimum atomic E-state index is -0.00477. The minimum Gasteiger partial charge on any atom is -0.357 e. The van der Waals surface area contributed by atoms with Gasteiger partial charge in [0.25, 0.3) is 0 Å². The van der Waals surface area contributed by atoms with Crippen molar-refractivity contribution in [2.24, 2.45) is 4.99 Å². The summed E-state index contributed by atoms with van der Waals surface area (Å²) in [5, 5.41) is 6.18. The van der Waals surface area contributed by atoms with Gasteiger partial charge in [0.15, 0.2) is 5.96 Å². The third kappa shape index (κ3) is 8.15. The van der Waals surface area contributed by atoms with Gasteiger partial charge in [0.1, 0.15) is 0 Å². The van der Waals surface area contributed by atoms with Crippen LogP contribution in [0.3, 0.4) is 0 Å². The van der Waals surface area contributed by atoms with E-state index in [1.54, 1.807) is 6.92 Å². The minimum absolute atomic E-state index is 0. The Morgan fingerprint density at radius 2 is 1.67 bits per heavy atom. The fraction of sp³-hybridized carbons (Fsp3) is 0.526. The summed E-state index contributed by atoms with van der Waals surface area (Å²) < 4.78 is 0. The molecule has 2 rings (SSSR count). The van der Waals surface area contributed by atoms with E-state index >= 15 is 0 Å². The molecule has 1 aliphatic rings. The van der Waals surface area contributed by atoms with Gasteiger partial charge < -0.3 is 20.4 Å². The van der Waals surface area contributed by atoms with Crippen LogP contribution in [0.15, 0.2) is 35.3 Å². The Hall–Kier alpha value is -1.84. The van der Waals surface area contributed by atoms with Gasteiger partial charge in [0, 0.05) is 52.6 Å². The van der Waals surface area contributed by atoms with Crippen LogP contribution in [0.5, 0.6) is 0 Å². The largest absolute Gasteiger partial charge is 0.357 e. The smallest absolute Gasteiger partial charge is 0.222 e. The monoisotopic (exact) mass is 487 g/mol. The van der Waals surface area contributed by atoms with Gasteiger partial charge in [-0.1, -0.05) is 30.3 Å². The second kappa shape index (κ2) is 12.5. The number of hydrogen-bond acceptors (Lipinski definition) is 3. The summed E-state index contributed by atoms with van der Waals surface area (Å²) in [7, 11) is 0. The van der Waals surface area contributed by atoms with Gasteiger partial charge in [0.2, 0.25) is 11.8 Å². The first-order valence-electron chi connectivity index (χ1n) is 9.19. The van der Waals surface area contributed by atoms with Crippen LogP contribution >= 0.6 is 24.0 Å². The second-order valence-electron chi connectivity index (χ2n) is 6.24. The lowest BCUT2D eigenvalue weighted by Crippen LogP contribution is -2.53. The molecule has 27 heavy (non-hydrogen) atoms. The number of carbonyl (C=O) groups is 2. The summed E-state index contributed by atoms with van der Waals surface area (Å²) in [6.45, 7) is 8.29. The van der Waals surface area contributed by atoms with E-state index in [0.717, 1.165) is 31.2 Å². The maximum Gasteiger partial charge on any atom is 0.222 e. The number of benzene rings is 1. The number of hydrogen-bond donors (Lipinski definition) is 2. The molecule has 2 amide bonds. The highest BCUT2D eigenvalue weighted by Gasteiger charge is 2.20.